The van der Waals surface area contributed by atoms with Crippen LogP contribution in [-0.2, 0) is 4.79 Å². The summed E-state index contributed by atoms with van der Waals surface area (Å²) in [5.74, 6) is 0.794. The lowest BCUT2D eigenvalue weighted by atomic mass is 10.0. The fourth-order valence-corrected chi connectivity index (χ4v) is 2.96. The number of hydrazine groups is 1. The van der Waals surface area contributed by atoms with Crippen LogP contribution in [0, 0.1) is 0 Å². The average molecular weight is 363 g/mol. The number of benzene rings is 1. The Bertz CT molecular complexity index is 757. The first-order valence-corrected chi connectivity index (χ1v) is 8.13. The van der Waals surface area contributed by atoms with Crippen LogP contribution in [0.2, 0.25) is 5.02 Å². The minimum Gasteiger partial charge on any atom is -0.497 e. The summed E-state index contributed by atoms with van der Waals surface area (Å²) in [7, 11) is 3.05. The molecule has 2 atom stereocenters. The van der Waals surface area contributed by atoms with Crippen LogP contribution in [0.1, 0.15) is 18.0 Å². The molecule has 1 aliphatic rings. The zero-order chi connectivity index (χ0) is 17.8. The summed E-state index contributed by atoms with van der Waals surface area (Å²) in [5.41, 5.74) is 7.63. The molecule has 1 aliphatic heterocycles. The van der Waals surface area contributed by atoms with Crippen molar-refractivity contribution in [3.8, 4) is 11.5 Å². The smallest absolute Gasteiger partial charge is 0.243 e. The Morgan fingerprint density at radius 3 is 2.68 bits per heavy atom. The summed E-state index contributed by atoms with van der Waals surface area (Å²) in [6.07, 6.45) is 4.06. The van der Waals surface area contributed by atoms with Gasteiger partial charge in [-0.15, -0.1) is 0 Å². The van der Waals surface area contributed by atoms with Gasteiger partial charge in [0.1, 0.15) is 23.2 Å². The highest BCUT2D eigenvalue weighted by Crippen LogP contribution is 2.37. The molecule has 0 radical (unpaired) electrons. The maximum atomic E-state index is 12.6. The van der Waals surface area contributed by atoms with Crippen molar-refractivity contribution >= 4 is 23.2 Å². The van der Waals surface area contributed by atoms with Gasteiger partial charge in [0.25, 0.3) is 0 Å². The van der Waals surface area contributed by atoms with Crippen LogP contribution in [-0.4, -0.2) is 31.2 Å². The van der Waals surface area contributed by atoms with Crippen molar-refractivity contribution in [3.63, 3.8) is 0 Å². The van der Waals surface area contributed by atoms with Crippen molar-refractivity contribution in [1.82, 2.24) is 15.8 Å². The second kappa shape index (κ2) is 7.69. The topological polar surface area (TPSA) is 84.5 Å². The molecule has 8 heteroatoms. The number of hydrogen-bond acceptors (Lipinski definition) is 6. The zero-order valence-corrected chi connectivity index (χ0v) is 14.6. The molecule has 0 aliphatic carbocycles. The molecule has 1 aromatic heterocycles. The maximum absolute atomic E-state index is 12.6. The van der Waals surface area contributed by atoms with Crippen molar-refractivity contribution in [2.45, 2.75) is 18.5 Å². The van der Waals surface area contributed by atoms with Crippen LogP contribution in [0.25, 0.3) is 0 Å². The quantitative estimate of drug-likeness (QED) is 0.757. The number of carbonyl (C=O) groups excluding carboxylic acids is 1. The van der Waals surface area contributed by atoms with E-state index in [2.05, 4.69) is 21.2 Å². The molecule has 2 heterocycles. The van der Waals surface area contributed by atoms with E-state index in [1.54, 1.807) is 24.5 Å². The van der Waals surface area contributed by atoms with E-state index in [1.165, 1.54) is 14.2 Å². The summed E-state index contributed by atoms with van der Waals surface area (Å²) >= 11 is 6.25. The molecular formula is C17H19ClN4O3. The fraction of sp³-hybridized carbons (Fsp3) is 0.294. The molecule has 3 N–H and O–H groups in total. The number of methoxy groups -OCH3 is 2. The molecule has 0 bridgehead atoms. The Labute approximate surface area is 150 Å². The van der Waals surface area contributed by atoms with Crippen molar-refractivity contribution in [2.75, 3.05) is 19.5 Å². The Balaban J connectivity index is 1.71. The second-order valence-corrected chi connectivity index (χ2v) is 5.99. The van der Waals surface area contributed by atoms with Crippen molar-refractivity contribution in [2.24, 2.45) is 0 Å². The molecule has 1 aromatic carbocycles. The molecule has 132 valence electrons. The normalized spacial score (nSPS) is 19.5. The van der Waals surface area contributed by atoms with Crippen molar-refractivity contribution in [1.29, 1.82) is 0 Å². The predicted molar refractivity (Wildman–Crippen MR) is 94.8 cm³/mol. The highest BCUT2D eigenvalue weighted by Gasteiger charge is 2.31. The fourth-order valence-electron chi connectivity index (χ4n) is 2.71. The van der Waals surface area contributed by atoms with E-state index in [9.17, 15) is 4.79 Å². The number of carbonyl (C=O) groups is 1. The first-order chi connectivity index (χ1) is 12.1. The number of nitrogens with one attached hydrogen (secondary N) is 3. The Kier molecular flexibility index (Phi) is 5.37. The maximum Gasteiger partial charge on any atom is 0.243 e. The minimum atomic E-state index is -0.402. The van der Waals surface area contributed by atoms with E-state index in [0.717, 1.165) is 5.56 Å². The van der Waals surface area contributed by atoms with Crippen LogP contribution in [0.15, 0.2) is 36.7 Å². The van der Waals surface area contributed by atoms with Gasteiger partial charge in [0, 0.05) is 30.6 Å². The van der Waals surface area contributed by atoms with Gasteiger partial charge >= 0.3 is 0 Å². The van der Waals surface area contributed by atoms with Crippen LogP contribution < -0.4 is 25.6 Å². The van der Waals surface area contributed by atoms with E-state index in [-0.39, 0.29) is 11.9 Å². The second-order valence-electron chi connectivity index (χ2n) is 5.59. The van der Waals surface area contributed by atoms with Crippen LogP contribution in [0.3, 0.4) is 0 Å². The van der Waals surface area contributed by atoms with Gasteiger partial charge in [0.15, 0.2) is 0 Å². The third-order valence-electron chi connectivity index (χ3n) is 4.06. The molecule has 25 heavy (non-hydrogen) atoms. The molecule has 0 spiro atoms. The number of ether oxygens (including phenoxy) is 2. The van der Waals surface area contributed by atoms with Gasteiger partial charge in [-0.05, 0) is 24.1 Å². The minimum absolute atomic E-state index is 0.0342. The molecular weight excluding hydrogens is 344 g/mol. The number of aromatic nitrogens is 1. The van der Waals surface area contributed by atoms with E-state index in [4.69, 9.17) is 21.1 Å². The van der Waals surface area contributed by atoms with E-state index in [1.807, 2.05) is 12.1 Å². The SMILES string of the molecule is COc1cc(Cl)c(NC(=O)C2CC(c3ccncc3)NN2)c(OC)c1. The molecule has 7 nitrogen and oxygen atoms in total. The van der Waals surface area contributed by atoms with Gasteiger partial charge in [-0.1, -0.05) is 11.6 Å². The van der Waals surface area contributed by atoms with E-state index in [0.29, 0.717) is 28.6 Å². The van der Waals surface area contributed by atoms with Crippen LogP contribution in [0.5, 0.6) is 11.5 Å². The molecule has 1 saturated heterocycles. The number of hydrogen-bond donors (Lipinski definition) is 3. The number of amides is 1. The number of anilines is 1. The van der Waals surface area contributed by atoms with Gasteiger partial charge in [-0.3, -0.25) is 9.78 Å². The van der Waals surface area contributed by atoms with Gasteiger partial charge in [0.2, 0.25) is 5.91 Å². The molecule has 2 aromatic rings. The number of pyridine rings is 1. The number of nitrogens with zero attached hydrogens (tertiary/aromatic N) is 1. The number of halogens is 1. The Hall–Kier alpha value is -2.35. The third kappa shape index (κ3) is 3.84. The van der Waals surface area contributed by atoms with Gasteiger partial charge in [-0.2, -0.15) is 0 Å². The monoisotopic (exact) mass is 362 g/mol. The molecule has 2 unspecified atom stereocenters. The standard InChI is InChI=1S/C17H19ClN4O3/c1-24-11-7-12(18)16(15(8-11)25-2)20-17(23)14-9-13(21-22-14)10-3-5-19-6-4-10/h3-8,13-14,21-22H,9H2,1-2H3,(H,20,23). The van der Waals surface area contributed by atoms with Crippen LogP contribution in [0.4, 0.5) is 5.69 Å². The molecule has 1 amide bonds. The summed E-state index contributed by atoms with van der Waals surface area (Å²) in [4.78, 5) is 16.6. The summed E-state index contributed by atoms with van der Waals surface area (Å²) in [5, 5.41) is 3.18. The highest BCUT2D eigenvalue weighted by molar-refractivity contribution is 6.34. The molecule has 0 saturated carbocycles. The van der Waals surface area contributed by atoms with Crippen molar-refractivity contribution < 1.29 is 14.3 Å². The van der Waals surface area contributed by atoms with Gasteiger partial charge < -0.3 is 14.8 Å². The summed E-state index contributed by atoms with van der Waals surface area (Å²) in [6.45, 7) is 0. The van der Waals surface area contributed by atoms with E-state index < -0.39 is 6.04 Å². The summed E-state index contributed by atoms with van der Waals surface area (Å²) < 4.78 is 10.5. The lowest BCUT2D eigenvalue weighted by Crippen LogP contribution is -2.39. The predicted octanol–water partition coefficient (Wildman–Crippen LogP) is 2.30. The highest BCUT2D eigenvalue weighted by atomic mass is 35.5. The van der Waals surface area contributed by atoms with Gasteiger partial charge in [0.05, 0.1) is 19.2 Å². The third-order valence-corrected chi connectivity index (χ3v) is 4.36. The van der Waals surface area contributed by atoms with E-state index >= 15 is 0 Å². The van der Waals surface area contributed by atoms with Crippen molar-refractivity contribution in [3.05, 3.63) is 47.2 Å². The molecule has 1 fully saturated rings. The zero-order valence-electron chi connectivity index (χ0n) is 13.9. The molecule has 3 rings (SSSR count). The van der Waals surface area contributed by atoms with Crippen LogP contribution >= 0.6 is 11.6 Å². The summed E-state index contributed by atoms with van der Waals surface area (Å²) in [6, 6.07) is 6.76. The Morgan fingerprint density at radius 1 is 1.24 bits per heavy atom. The van der Waals surface area contributed by atoms with Gasteiger partial charge in [-0.25, -0.2) is 10.9 Å². The lowest BCUT2D eigenvalue weighted by molar-refractivity contribution is -0.117. The largest absolute Gasteiger partial charge is 0.497 e. The first kappa shape index (κ1) is 17.5. The Morgan fingerprint density at radius 2 is 2.00 bits per heavy atom. The number of rotatable bonds is 5. The average Bonchev–Trinajstić information content (AvgIpc) is 3.14. The first-order valence-electron chi connectivity index (χ1n) is 7.75. The lowest BCUT2D eigenvalue weighted by Gasteiger charge is -2.16.